The van der Waals surface area contributed by atoms with Crippen molar-refractivity contribution in [2.24, 2.45) is 0 Å². The van der Waals surface area contributed by atoms with Gasteiger partial charge in [0, 0.05) is 24.7 Å². The second kappa shape index (κ2) is 8.40. The normalized spacial score (nSPS) is 15.5. The van der Waals surface area contributed by atoms with Crippen molar-refractivity contribution in [1.82, 2.24) is 10.2 Å². The fourth-order valence-corrected chi connectivity index (χ4v) is 2.80. The number of amides is 2. The first-order chi connectivity index (χ1) is 12.2. The third-order valence-corrected chi connectivity index (χ3v) is 4.13. The van der Waals surface area contributed by atoms with Gasteiger partial charge < -0.3 is 24.8 Å². The summed E-state index contributed by atoms with van der Waals surface area (Å²) in [4.78, 5) is 26.3. The number of rotatable bonds is 4. The molecule has 2 amide bonds. The lowest BCUT2D eigenvalue weighted by atomic mass is 10.0. The number of hydrogen-bond donors (Lipinski definition) is 2. The summed E-state index contributed by atoms with van der Waals surface area (Å²) in [6, 6.07) is 4.97. The first-order valence-electron chi connectivity index (χ1n) is 8.79. The topological polar surface area (TPSA) is 88.1 Å². The van der Waals surface area contributed by atoms with Gasteiger partial charge in [-0.3, -0.25) is 4.79 Å². The molecule has 1 fully saturated rings. The first kappa shape index (κ1) is 20.0. The van der Waals surface area contributed by atoms with Crippen molar-refractivity contribution in [2.45, 2.75) is 51.9 Å². The van der Waals surface area contributed by atoms with Crippen LogP contribution in [0.5, 0.6) is 5.75 Å². The Morgan fingerprint density at radius 1 is 1.23 bits per heavy atom. The molecule has 2 rings (SSSR count). The molecule has 2 N–H and O–H groups in total. The lowest BCUT2D eigenvalue weighted by Gasteiger charge is -2.33. The standard InChI is InChI=1S/C19H28N2O5/c1-19(2,3)26-18(24)21-7-5-15(6-8-21)20-17(23)14-9-13(12-22)10-16(11-14)25-4/h9-11,15,22H,5-8,12H2,1-4H3,(H,20,23). The molecule has 7 nitrogen and oxygen atoms in total. The summed E-state index contributed by atoms with van der Waals surface area (Å²) in [5.74, 6) is 0.316. The predicted molar refractivity (Wildman–Crippen MR) is 97.2 cm³/mol. The van der Waals surface area contributed by atoms with Crippen LogP contribution >= 0.6 is 0 Å². The molecule has 0 atom stereocenters. The molecule has 1 aliphatic heterocycles. The highest BCUT2D eigenvalue weighted by atomic mass is 16.6. The van der Waals surface area contributed by atoms with E-state index in [1.54, 1.807) is 23.1 Å². The van der Waals surface area contributed by atoms with E-state index in [0.29, 0.717) is 42.8 Å². The van der Waals surface area contributed by atoms with Gasteiger partial charge in [0.25, 0.3) is 5.91 Å². The predicted octanol–water partition coefficient (Wildman–Crippen LogP) is 2.32. The van der Waals surface area contributed by atoms with E-state index in [0.717, 1.165) is 0 Å². The van der Waals surface area contributed by atoms with E-state index in [1.807, 2.05) is 20.8 Å². The highest BCUT2D eigenvalue weighted by molar-refractivity contribution is 5.95. The summed E-state index contributed by atoms with van der Waals surface area (Å²) < 4.78 is 10.5. The molecule has 0 radical (unpaired) electrons. The minimum Gasteiger partial charge on any atom is -0.497 e. The number of aliphatic hydroxyl groups is 1. The van der Waals surface area contributed by atoms with Gasteiger partial charge in [-0.25, -0.2) is 4.79 Å². The van der Waals surface area contributed by atoms with Crippen LogP contribution in [0.15, 0.2) is 18.2 Å². The Hall–Kier alpha value is -2.28. The number of methoxy groups -OCH3 is 1. The molecule has 0 spiro atoms. The molecule has 0 aliphatic carbocycles. The van der Waals surface area contributed by atoms with Crippen molar-refractivity contribution in [2.75, 3.05) is 20.2 Å². The van der Waals surface area contributed by atoms with Gasteiger partial charge in [0.15, 0.2) is 0 Å². The van der Waals surface area contributed by atoms with E-state index in [2.05, 4.69) is 5.32 Å². The van der Waals surface area contributed by atoms with Crippen LogP contribution in [0.3, 0.4) is 0 Å². The summed E-state index contributed by atoms with van der Waals surface area (Å²) in [7, 11) is 1.52. The van der Waals surface area contributed by atoms with Gasteiger partial charge in [-0.2, -0.15) is 0 Å². The Balaban J connectivity index is 1.91. The minimum absolute atomic E-state index is 0.00929. The SMILES string of the molecule is COc1cc(CO)cc(C(=O)NC2CCN(C(=O)OC(C)(C)C)CC2)c1. The van der Waals surface area contributed by atoms with Crippen molar-refractivity contribution in [1.29, 1.82) is 0 Å². The molecule has 0 aromatic heterocycles. The lowest BCUT2D eigenvalue weighted by Crippen LogP contribution is -2.47. The summed E-state index contributed by atoms with van der Waals surface area (Å²) >= 11 is 0. The molecule has 0 unspecified atom stereocenters. The quantitative estimate of drug-likeness (QED) is 0.856. The van der Waals surface area contributed by atoms with E-state index in [1.165, 1.54) is 7.11 Å². The molecule has 7 heteroatoms. The van der Waals surface area contributed by atoms with Gasteiger partial charge in [-0.05, 0) is 57.4 Å². The van der Waals surface area contributed by atoms with Crippen LogP contribution in [0.25, 0.3) is 0 Å². The molecule has 1 heterocycles. The maximum atomic E-state index is 12.5. The van der Waals surface area contributed by atoms with Crippen LogP contribution in [0.2, 0.25) is 0 Å². The van der Waals surface area contributed by atoms with Gasteiger partial charge in [-0.15, -0.1) is 0 Å². The minimum atomic E-state index is -0.515. The molecule has 0 saturated carbocycles. The third-order valence-electron chi connectivity index (χ3n) is 4.13. The second-order valence-corrected chi connectivity index (χ2v) is 7.44. The smallest absolute Gasteiger partial charge is 0.410 e. The number of piperidine rings is 1. The van der Waals surface area contributed by atoms with Crippen LogP contribution in [-0.4, -0.2) is 53.8 Å². The number of aliphatic hydroxyl groups excluding tert-OH is 1. The van der Waals surface area contributed by atoms with Gasteiger partial charge in [0.1, 0.15) is 11.4 Å². The number of nitrogens with one attached hydrogen (secondary N) is 1. The fraction of sp³-hybridized carbons (Fsp3) is 0.579. The molecule has 1 aromatic carbocycles. The van der Waals surface area contributed by atoms with Crippen molar-refractivity contribution in [3.8, 4) is 5.75 Å². The molecule has 26 heavy (non-hydrogen) atoms. The van der Waals surface area contributed by atoms with Gasteiger partial charge in [0.05, 0.1) is 13.7 Å². The Labute approximate surface area is 154 Å². The lowest BCUT2D eigenvalue weighted by molar-refractivity contribution is 0.0199. The summed E-state index contributed by atoms with van der Waals surface area (Å²) in [6.07, 6.45) is 1.02. The average Bonchev–Trinajstić information content (AvgIpc) is 2.60. The number of benzene rings is 1. The van der Waals surface area contributed by atoms with Crippen molar-refractivity contribution in [3.05, 3.63) is 29.3 Å². The molecule has 0 bridgehead atoms. The van der Waals surface area contributed by atoms with Crippen LogP contribution in [0.1, 0.15) is 49.5 Å². The molecular weight excluding hydrogens is 336 g/mol. The summed E-state index contributed by atoms with van der Waals surface area (Å²) in [5, 5.41) is 12.3. The van der Waals surface area contributed by atoms with E-state index in [4.69, 9.17) is 9.47 Å². The molecule has 1 aliphatic rings. The van der Waals surface area contributed by atoms with Gasteiger partial charge in [-0.1, -0.05) is 0 Å². The van der Waals surface area contributed by atoms with E-state index in [-0.39, 0.29) is 24.6 Å². The molecule has 1 aromatic rings. The Morgan fingerprint density at radius 2 is 1.88 bits per heavy atom. The summed E-state index contributed by atoms with van der Waals surface area (Å²) in [5.41, 5.74) is 0.552. The van der Waals surface area contributed by atoms with Crippen LogP contribution in [-0.2, 0) is 11.3 Å². The summed E-state index contributed by atoms with van der Waals surface area (Å²) in [6.45, 7) is 6.44. The van der Waals surface area contributed by atoms with E-state index < -0.39 is 5.60 Å². The zero-order valence-electron chi connectivity index (χ0n) is 15.9. The second-order valence-electron chi connectivity index (χ2n) is 7.44. The molecule has 1 saturated heterocycles. The number of hydrogen-bond acceptors (Lipinski definition) is 5. The van der Waals surface area contributed by atoms with E-state index >= 15 is 0 Å². The number of nitrogens with zero attached hydrogens (tertiary/aromatic N) is 1. The molecule has 144 valence electrons. The van der Waals surface area contributed by atoms with Gasteiger partial charge >= 0.3 is 6.09 Å². The zero-order valence-corrected chi connectivity index (χ0v) is 15.9. The Kier molecular flexibility index (Phi) is 6.47. The van der Waals surface area contributed by atoms with E-state index in [9.17, 15) is 14.7 Å². The number of carbonyl (C=O) groups excluding carboxylic acids is 2. The zero-order chi connectivity index (χ0) is 19.3. The number of carbonyl (C=O) groups is 2. The van der Waals surface area contributed by atoms with Crippen molar-refractivity contribution >= 4 is 12.0 Å². The van der Waals surface area contributed by atoms with Crippen molar-refractivity contribution in [3.63, 3.8) is 0 Å². The highest BCUT2D eigenvalue weighted by Gasteiger charge is 2.27. The van der Waals surface area contributed by atoms with Crippen LogP contribution in [0, 0.1) is 0 Å². The van der Waals surface area contributed by atoms with Crippen LogP contribution < -0.4 is 10.1 Å². The average molecular weight is 364 g/mol. The molecular formula is C19H28N2O5. The Bertz CT molecular complexity index is 624. The maximum absolute atomic E-state index is 12.5. The monoisotopic (exact) mass is 364 g/mol. The number of ether oxygens (including phenoxy) is 2. The van der Waals surface area contributed by atoms with Crippen LogP contribution in [0.4, 0.5) is 4.79 Å². The third kappa shape index (κ3) is 5.62. The Morgan fingerprint density at radius 3 is 2.42 bits per heavy atom. The largest absolute Gasteiger partial charge is 0.497 e. The fourth-order valence-electron chi connectivity index (χ4n) is 2.80. The van der Waals surface area contributed by atoms with Crippen molar-refractivity contribution < 1.29 is 24.2 Å². The first-order valence-corrected chi connectivity index (χ1v) is 8.79. The highest BCUT2D eigenvalue weighted by Crippen LogP contribution is 2.19. The maximum Gasteiger partial charge on any atom is 0.410 e. The van der Waals surface area contributed by atoms with Gasteiger partial charge in [0.2, 0.25) is 0 Å². The number of likely N-dealkylation sites (tertiary alicyclic amines) is 1.